The number of nitrogens with zero attached hydrogens (tertiary/aromatic N) is 1. The molecule has 0 aromatic carbocycles. The fraction of sp³-hybridized carbons (Fsp3) is 0.923. The van der Waals surface area contributed by atoms with Crippen LogP contribution in [0.25, 0.3) is 0 Å². The van der Waals surface area contributed by atoms with Crippen LogP contribution in [0, 0.1) is 0 Å². The van der Waals surface area contributed by atoms with Crippen LogP contribution in [0.1, 0.15) is 33.1 Å². The van der Waals surface area contributed by atoms with Gasteiger partial charge in [0.05, 0.1) is 13.2 Å². The Labute approximate surface area is 106 Å². The highest BCUT2D eigenvalue weighted by Gasteiger charge is 2.65. The quantitative estimate of drug-likeness (QED) is 0.636. The molecular formula is C13H19NO4. The van der Waals surface area contributed by atoms with Gasteiger partial charge in [0.2, 0.25) is 5.91 Å². The lowest BCUT2D eigenvalue weighted by molar-refractivity contribution is -0.210. The summed E-state index contributed by atoms with van der Waals surface area (Å²) in [4.78, 5) is 13.8. The summed E-state index contributed by atoms with van der Waals surface area (Å²) in [6.45, 7) is 5.18. The number of hydrogen-bond donors (Lipinski definition) is 0. The molecule has 5 nitrogen and oxygen atoms in total. The molecule has 1 amide bonds. The molecule has 18 heavy (non-hydrogen) atoms. The minimum atomic E-state index is -0.530. The second-order valence-electron chi connectivity index (χ2n) is 6.33. The summed E-state index contributed by atoms with van der Waals surface area (Å²) >= 11 is 0. The van der Waals surface area contributed by atoms with Gasteiger partial charge in [-0.15, -0.1) is 0 Å². The molecule has 0 N–H and O–H groups in total. The number of hydrogen-bond acceptors (Lipinski definition) is 4. The molecule has 0 unspecified atom stereocenters. The van der Waals surface area contributed by atoms with Gasteiger partial charge in [-0.1, -0.05) is 0 Å². The van der Waals surface area contributed by atoms with Gasteiger partial charge in [0.15, 0.2) is 5.79 Å². The third-order valence-electron chi connectivity index (χ3n) is 4.77. The topological polar surface area (TPSA) is 48.0 Å². The van der Waals surface area contributed by atoms with Gasteiger partial charge >= 0.3 is 0 Å². The predicted molar refractivity (Wildman–Crippen MR) is 61.9 cm³/mol. The zero-order chi connectivity index (χ0) is 12.5. The van der Waals surface area contributed by atoms with Crippen LogP contribution in [-0.4, -0.2) is 53.6 Å². The number of piperidine rings is 1. The van der Waals surface area contributed by atoms with Crippen molar-refractivity contribution in [3.05, 3.63) is 0 Å². The summed E-state index contributed by atoms with van der Waals surface area (Å²) in [7, 11) is 0. The predicted octanol–water partition coefficient (Wildman–Crippen LogP) is 0.670. The van der Waals surface area contributed by atoms with Crippen LogP contribution < -0.4 is 0 Å². The van der Waals surface area contributed by atoms with Crippen LogP contribution in [-0.2, 0) is 19.0 Å². The molecule has 4 atom stereocenters. The van der Waals surface area contributed by atoms with Crippen molar-refractivity contribution in [1.29, 1.82) is 0 Å². The highest BCUT2D eigenvalue weighted by atomic mass is 16.8. The second-order valence-corrected chi connectivity index (χ2v) is 6.33. The zero-order valence-corrected chi connectivity index (χ0v) is 10.8. The average Bonchev–Trinajstić information content (AvgIpc) is 2.85. The molecule has 4 aliphatic heterocycles. The van der Waals surface area contributed by atoms with Gasteiger partial charge < -0.3 is 19.1 Å². The Morgan fingerprint density at radius 3 is 3.00 bits per heavy atom. The first-order chi connectivity index (χ1) is 8.50. The van der Waals surface area contributed by atoms with E-state index >= 15 is 0 Å². The summed E-state index contributed by atoms with van der Waals surface area (Å²) < 4.78 is 18.0. The van der Waals surface area contributed by atoms with Gasteiger partial charge in [-0.25, -0.2) is 0 Å². The number of carbonyl (C=O) groups excluding carboxylic acids is 1. The summed E-state index contributed by atoms with van der Waals surface area (Å²) in [5, 5.41) is 0. The van der Waals surface area contributed by atoms with E-state index in [0.717, 1.165) is 12.8 Å². The highest BCUT2D eigenvalue weighted by Crippen LogP contribution is 2.50. The van der Waals surface area contributed by atoms with E-state index in [1.54, 1.807) is 0 Å². The maximum atomic E-state index is 11.8. The lowest BCUT2D eigenvalue weighted by Crippen LogP contribution is -2.59. The molecule has 0 aromatic rings. The van der Waals surface area contributed by atoms with Crippen LogP contribution >= 0.6 is 0 Å². The summed E-state index contributed by atoms with van der Waals surface area (Å²) in [6.07, 6.45) is 2.47. The molecule has 5 heteroatoms. The third kappa shape index (κ3) is 1.30. The van der Waals surface area contributed by atoms with Gasteiger partial charge in [0.25, 0.3) is 0 Å². The molecule has 0 radical (unpaired) electrons. The molecule has 100 valence electrons. The fourth-order valence-electron chi connectivity index (χ4n) is 4.10. The largest absolute Gasteiger partial charge is 0.370 e. The lowest BCUT2D eigenvalue weighted by atomic mass is 9.82. The second kappa shape index (κ2) is 3.26. The van der Waals surface area contributed by atoms with E-state index in [4.69, 9.17) is 14.2 Å². The molecule has 0 aromatic heterocycles. The Morgan fingerprint density at radius 2 is 2.17 bits per heavy atom. The van der Waals surface area contributed by atoms with E-state index in [2.05, 4.69) is 0 Å². The molecule has 0 aliphatic carbocycles. The van der Waals surface area contributed by atoms with Crippen molar-refractivity contribution < 1.29 is 19.0 Å². The minimum Gasteiger partial charge on any atom is -0.370 e. The Balaban J connectivity index is 1.67. The fourth-order valence-corrected chi connectivity index (χ4v) is 4.10. The molecule has 4 heterocycles. The van der Waals surface area contributed by atoms with Gasteiger partial charge in [0, 0.05) is 18.9 Å². The van der Waals surface area contributed by atoms with Crippen molar-refractivity contribution in [3.8, 4) is 0 Å². The third-order valence-corrected chi connectivity index (χ3v) is 4.77. The zero-order valence-electron chi connectivity index (χ0n) is 10.8. The van der Waals surface area contributed by atoms with Gasteiger partial charge in [0.1, 0.15) is 17.8 Å². The van der Waals surface area contributed by atoms with Gasteiger partial charge in [-0.3, -0.25) is 4.79 Å². The SMILES string of the molecule is CC1(C)O[C@H]2CO[C@@H]3CN4C(=O)CC[C@H]4C[C@]23O1. The van der Waals surface area contributed by atoms with Gasteiger partial charge in [-0.2, -0.15) is 0 Å². The van der Waals surface area contributed by atoms with Crippen molar-refractivity contribution in [2.75, 3.05) is 13.2 Å². The molecule has 4 rings (SSSR count). The van der Waals surface area contributed by atoms with E-state index in [0.29, 0.717) is 25.6 Å². The van der Waals surface area contributed by atoms with Gasteiger partial charge in [-0.05, 0) is 20.3 Å². The average molecular weight is 253 g/mol. The Kier molecular flexibility index (Phi) is 2.03. The Bertz CT molecular complexity index is 410. The maximum absolute atomic E-state index is 11.8. The molecular weight excluding hydrogens is 234 g/mol. The standard InChI is InChI=1S/C13H19NO4/c1-12(2)17-10-7-16-9-6-14-8(3-4-11(14)15)5-13(9,10)18-12/h8-10H,3-7H2,1-2H3/t8-,9+,10-,13+/m0/s1. The monoisotopic (exact) mass is 253 g/mol. The van der Waals surface area contributed by atoms with Crippen LogP contribution in [0.15, 0.2) is 0 Å². The first-order valence-electron chi connectivity index (χ1n) is 6.79. The van der Waals surface area contributed by atoms with Crippen molar-refractivity contribution in [1.82, 2.24) is 4.90 Å². The molecule has 4 fully saturated rings. The molecule has 4 aliphatic rings. The molecule has 0 bridgehead atoms. The molecule has 1 spiro atoms. The van der Waals surface area contributed by atoms with E-state index in [9.17, 15) is 4.79 Å². The minimum absolute atomic E-state index is 0.0235. The smallest absolute Gasteiger partial charge is 0.222 e. The van der Waals surface area contributed by atoms with Crippen molar-refractivity contribution >= 4 is 5.91 Å². The van der Waals surface area contributed by atoms with Crippen LogP contribution in [0.2, 0.25) is 0 Å². The maximum Gasteiger partial charge on any atom is 0.222 e. The molecule has 0 saturated carbocycles. The van der Waals surface area contributed by atoms with E-state index in [-0.39, 0.29) is 23.7 Å². The van der Waals surface area contributed by atoms with Crippen molar-refractivity contribution in [2.24, 2.45) is 0 Å². The van der Waals surface area contributed by atoms with E-state index in [1.165, 1.54) is 0 Å². The summed E-state index contributed by atoms with van der Waals surface area (Å²) in [5.41, 5.74) is -0.324. The number of fused-ring (bicyclic) bond motifs is 1. The first kappa shape index (κ1) is 11.2. The van der Waals surface area contributed by atoms with E-state index in [1.807, 2.05) is 18.7 Å². The lowest BCUT2D eigenvalue weighted by Gasteiger charge is -2.44. The van der Waals surface area contributed by atoms with E-state index < -0.39 is 5.79 Å². The van der Waals surface area contributed by atoms with Crippen LogP contribution in [0.5, 0.6) is 0 Å². The summed E-state index contributed by atoms with van der Waals surface area (Å²) in [5.74, 6) is -0.266. The number of ether oxygens (including phenoxy) is 3. The Morgan fingerprint density at radius 1 is 1.33 bits per heavy atom. The normalized spacial score (nSPS) is 49.1. The first-order valence-corrected chi connectivity index (χ1v) is 6.79. The molecule has 4 saturated heterocycles. The van der Waals surface area contributed by atoms with Crippen molar-refractivity contribution in [2.45, 2.75) is 62.7 Å². The number of carbonyl (C=O) groups is 1. The van der Waals surface area contributed by atoms with Crippen LogP contribution in [0.3, 0.4) is 0 Å². The number of amides is 1. The number of rotatable bonds is 0. The van der Waals surface area contributed by atoms with Crippen molar-refractivity contribution in [3.63, 3.8) is 0 Å². The Hall–Kier alpha value is -0.650. The highest BCUT2D eigenvalue weighted by molar-refractivity contribution is 5.79. The van der Waals surface area contributed by atoms with Crippen LogP contribution in [0.4, 0.5) is 0 Å². The summed E-state index contributed by atoms with van der Waals surface area (Å²) in [6, 6.07) is 0.315.